The maximum absolute atomic E-state index is 12.0. The van der Waals surface area contributed by atoms with Crippen LogP contribution in [0.15, 0.2) is 54.2 Å². The quantitative estimate of drug-likeness (QED) is 0.381. The van der Waals surface area contributed by atoms with Gasteiger partial charge < -0.3 is 5.11 Å². The lowest BCUT2D eigenvalue weighted by Crippen LogP contribution is -1.98. The summed E-state index contributed by atoms with van der Waals surface area (Å²) in [4.78, 5) is 16.1. The van der Waals surface area contributed by atoms with E-state index in [1.807, 2.05) is 13.8 Å². The zero-order valence-corrected chi connectivity index (χ0v) is 12.1. The molecule has 0 fully saturated rings. The molecule has 1 rings (SSSR count). The molecule has 3 nitrogen and oxygen atoms in total. The first-order chi connectivity index (χ1) is 9.45. The van der Waals surface area contributed by atoms with Gasteiger partial charge in [-0.3, -0.25) is 9.79 Å². The monoisotopic (exact) mass is 269 g/mol. The third-order valence-corrected chi connectivity index (χ3v) is 2.85. The Morgan fingerprint density at radius 1 is 1.25 bits per heavy atom. The van der Waals surface area contributed by atoms with Crippen LogP contribution < -0.4 is 0 Å². The second-order valence-corrected chi connectivity index (χ2v) is 4.50. The van der Waals surface area contributed by atoms with E-state index in [0.717, 1.165) is 11.1 Å². The van der Waals surface area contributed by atoms with Crippen molar-refractivity contribution in [3.8, 4) is 5.75 Å². The van der Waals surface area contributed by atoms with Crippen LogP contribution in [0.1, 0.15) is 28.4 Å². The minimum absolute atomic E-state index is 0.00361. The van der Waals surface area contributed by atoms with Crippen LogP contribution in [0.5, 0.6) is 5.75 Å². The highest BCUT2D eigenvalue weighted by atomic mass is 16.3. The van der Waals surface area contributed by atoms with E-state index in [4.69, 9.17) is 0 Å². The largest absolute Gasteiger partial charge is 0.507 e. The highest BCUT2D eigenvalue weighted by molar-refractivity contribution is 6.10. The van der Waals surface area contributed by atoms with E-state index >= 15 is 0 Å². The summed E-state index contributed by atoms with van der Waals surface area (Å²) in [5.74, 6) is -0.239. The fourth-order valence-corrected chi connectivity index (χ4v) is 1.55. The Morgan fingerprint density at radius 2 is 1.90 bits per heavy atom. The number of hydrogen-bond donors (Lipinski definition) is 1. The second kappa shape index (κ2) is 7.24. The van der Waals surface area contributed by atoms with Gasteiger partial charge >= 0.3 is 0 Å². The summed E-state index contributed by atoms with van der Waals surface area (Å²) in [6, 6.07) is 3.30. The lowest BCUT2D eigenvalue weighted by atomic mass is 10.0. The van der Waals surface area contributed by atoms with Crippen LogP contribution >= 0.6 is 0 Å². The molecule has 0 amide bonds. The molecular formula is C17H19NO2. The molecule has 1 N–H and O–H groups in total. The van der Waals surface area contributed by atoms with Crippen LogP contribution in [0, 0.1) is 13.8 Å². The molecule has 0 heterocycles. The van der Waals surface area contributed by atoms with Gasteiger partial charge in [0.2, 0.25) is 0 Å². The maximum atomic E-state index is 12.0. The number of rotatable bonds is 5. The predicted molar refractivity (Wildman–Crippen MR) is 83.5 cm³/mol. The Kier molecular flexibility index (Phi) is 5.66. The van der Waals surface area contributed by atoms with Gasteiger partial charge in [-0.2, -0.15) is 0 Å². The number of carbonyl (C=O) groups excluding carboxylic acids is 1. The number of phenolic OH excluding ortho intramolecular Hbond substituents is 1. The number of allylic oxidation sites excluding steroid dienone is 4. The molecule has 104 valence electrons. The smallest absolute Gasteiger partial charge is 0.189 e. The first-order valence-corrected chi connectivity index (χ1v) is 6.30. The standard InChI is InChI=1S/C17H19NO2/c1-5-6-9-18-14(4)7-8-16(19)15-10-12(2)13(3)11-17(15)20/h5-11,20H,1H2,2-4H3/b8-7?,9-6-,18-14?. The third kappa shape index (κ3) is 4.35. The molecule has 0 radical (unpaired) electrons. The molecule has 0 bridgehead atoms. The van der Waals surface area contributed by atoms with Crippen LogP contribution in [0.2, 0.25) is 0 Å². The van der Waals surface area contributed by atoms with Crippen LogP contribution in [0.4, 0.5) is 0 Å². The number of hydrogen-bond acceptors (Lipinski definition) is 3. The maximum Gasteiger partial charge on any atom is 0.189 e. The molecule has 0 spiro atoms. The SMILES string of the molecule is C=C/C=C\N=C(C)C=CC(=O)c1cc(C)c(C)cc1O. The molecular weight excluding hydrogens is 250 g/mol. The number of aliphatic imine (C=N–C) groups is 1. The molecule has 0 unspecified atom stereocenters. The van der Waals surface area contributed by atoms with Crippen molar-refractivity contribution in [2.75, 3.05) is 0 Å². The molecule has 1 aromatic rings. The highest BCUT2D eigenvalue weighted by Gasteiger charge is 2.09. The minimum atomic E-state index is -0.243. The Bertz CT molecular complexity index is 608. The zero-order valence-electron chi connectivity index (χ0n) is 12.1. The average Bonchev–Trinajstić information content (AvgIpc) is 2.40. The number of ketones is 1. The van der Waals surface area contributed by atoms with E-state index < -0.39 is 0 Å². The first-order valence-electron chi connectivity index (χ1n) is 6.30. The van der Waals surface area contributed by atoms with Crippen LogP contribution in [0.25, 0.3) is 0 Å². The average molecular weight is 269 g/mol. The van der Waals surface area contributed by atoms with Gasteiger partial charge in [0.1, 0.15) is 5.75 Å². The summed E-state index contributed by atoms with van der Waals surface area (Å²) < 4.78 is 0. The van der Waals surface area contributed by atoms with Crippen LogP contribution in [-0.2, 0) is 0 Å². The van der Waals surface area contributed by atoms with Gasteiger partial charge in [0.05, 0.1) is 5.56 Å². The van der Waals surface area contributed by atoms with Gasteiger partial charge in [0, 0.05) is 11.9 Å². The van der Waals surface area contributed by atoms with E-state index in [1.54, 1.807) is 43.5 Å². The van der Waals surface area contributed by atoms with E-state index in [-0.39, 0.29) is 11.5 Å². The van der Waals surface area contributed by atoms with E-state index in [9.17, 15) is 9.90 Å². The van der Waals surface area contributed by atoms with Crippen LogP contribution in [-0.4, -0.2) is 16.6 Å². The lowest BCUT2D eigenvalue weighted by molar-refractivity contribution is 0.104. The Morgan fingerprint density at radius 3 is 2.55 bits per heavy atom. The van der Waals surface area contributed by atoms with E-state index in [1.165, 1.54) is 6.08 Å². The van der Waals surface area contributed by atoms with Crippen molar-refractivity contribution >= 4 is 11.5 Å². The third-order valence-electron chi connectivity index (χ3n) is 2.85. The van der Waals surface area contributed by atoms with Gasteiger partial charge in [-0.25, -0.2) is 0 Å². The van der Waals surface area contributed by atoms with Gasteiger partial charge in [-0.15, -0.1) is 0 Å². The van der Waals surface area contributed by atoms with Crippen molar-refractivity contribution in [1.29, 1.82) is 0 Å². The molecule has 20 heavy (non-hydrogen) atoms. The fourth-order valence-electron chi connectivity index (χ4n) is 1.55. The minimum Gasteiger partial charge on any atom is -0.507 e. The van der Waals surface area contributed by atoms with Crippen molar-refractivity contribution in [3.63, 3.8) is 0 Å². The van der Waals surface area contributed by atoms with Gasteiger partial charge in [0.25, 0.3) is 0 Å². The Balaban J connectivity index is 2.92. The molecule has 3 heteroatoms. The summed E-state index contributed by atoms with van der Waals surface area (Å²) in [5.41, 5.74) is 2.92. The van der Waals surface area contributed by atoms with Crippen molar-refractivity contribution in [1.82, 2.24) is 0 Å². The van der Waals surface area contributed by atoms with E-state index in [2.05, 4.69) is 11.6 Å². The molecule has 0 aliphatic carbocycles. The number of nitrogens with zero attached hydrogens (tertiary/aromatic N) is 1. The van der Waals surface area contributed by atoms with Crippen LogP contribution in [0.3, 0.4) is 0 Å². The predicted octanol–water partition coefficient (Wildman–Crippen LogP) is 3.91. The van der Waals surface area contributed by atoms with Crippen molar-refractivity contribution < 1.29 is 9.90 Å². The van der Waals surface area contributed by atoms with Crippen molar-refractivity contribution in [2.24, 2.45) is 4.99 Å². The topological polar surface area (TPSA) is 49.7 Å². The second-order valence-electron chi connectivity index (χ2n) is 4.50. The van der Waals surface area contributed by atoms with Gasteiger partial charge in [-0.1, -0.05) is 12.7 Å². The lowest BCUT2D eigenvalue weighted by Gasteiger charge is -2.05. The van der Waals surface area contributed by atoms with Crippen molar-refractivity contribution in [3.05, 3.63) is 65.9 Å². The summed E-state index contributed by atoms with van der Waals surface area (Å²) in [5, 5.41) is 9.82. The normalized spacial score (nSPS) is 12.2. The van der Waals surface area contributed by atoms with Crippen molar-refractivity contribution in [2.45, 2.75) is 20.8 Å². The molecule has 0 aromatic heterocycles. The summed E-state index contributed by atoms with van der Waals surface area (Å²) in [6.45, 7) is 9.13. The number of aryl methyl sites for hydroxylation is 2. The first kappa shape index (κ1) is 15.6. The highest BCUT2D eigenvalue weighted by Crippen LogP contribution is 2.22. The molecule has 0 atom stereocenters. The Labute approximate surface area is 119 Å². The summed E-state index contributed by atoms with van der Waals surface area (Å²) >= 11 is 0. The van der Waals surface area contributed by atoms with Gasteiger partial charge in [0.15, 0.2) is 5.78 Å². The number of benzene rings is 1. The zero-order chi connectivity index (χ0) is 15.1. The summed E-state index contributed by atoms with van der Waals surface area (Å²) in [7, 11) is 0. The van der Waals surface area contributed by atoms with Gasteiger partial charge in [-0.05, 0) is 62.3 Å². The van der Waals surface area contributed by atoms with E-state index in [0.29, 0.717) is 11.3 Å². The molecule has 0 aliphatic heterocycles. The molecule has 0 saturated heterocycles. The molecule has 0 aliphatic rings. The number of phenols is 1. The number of aromatic hydroxyl groups is 1. The molecule has 1 aromatic carbocycles. The number of carbonyl (C=O) groups is 1. The Hall–Kier alpha value is -2.42. The fraction of sp³-hybridized carbons (Fsp3) is 0.176. The molecule has 0 saturated carbocycles. The summed E-state index contributed by atoms with van der Waals surface area (Å²) in [6.07, 6.45) is 7.95.